The molecule has 2 aromatic rings. The molecule has 0 aliphatic carbocycles. The maximum absolute atomic E-state index is 12.3. The van der Waals surface area contributed by atoms with Crippen molar-refractivity contribution in [2.75, 3.05) is 5.73 Å². The number of carbonyl (C=O) groups excluding carboxylic acids is 1. The van der Waals surface area contributed by atoms with Gasteiger partial charge in [-0.1, -0.05) is 20.8 Å². The van der Waals surface area contributed by atoms with Crippen LogP contribution < -0.4 is 11.1 Å². The minimum Gasteiger partial charge on any atom is -0.384 e. The number of anilines is 1. The van der Waals surface area contributed by atoms with Gasteiger partial charge < -0.3 is 15.6 Å². The smallest absolute Gasteiger partial charge is 0.251 e. The summed E-state index contributed by atoms with van der Waals surface area (Å²) in [5.41, 5.74) is 6.95. The number of aryl methyl sites for hydroxylation is 1. The number of rotatable bonds is 3. The van der Waals surface area contributed by atoms with E-state index in [2.05, 4.69) is 15.3 Å². The molecular weight excluding hydrogens is 266 g/mol. The minimum atomic E-state index is -0.183. The monoisotopic (exact) mass is 287 g/mol. The van der Waals surface area contributed by atoms with E-state index in [4.69, 9.17) is 5.73 Å². The van der Waals surface area contributed by atoms with Gasteiger partial charge >= 0.3 is 0 Å². The Labute approximate surface area is 124 Å². The lowest BCUT2D eigenvalue weighted by atomic mass is 9.90. The fourth-order valence-electron chi connectivity index (χ4n) is 1.90. The highest BCUT2D eigenvalue weighted by atomic mass is 16.1. The second kappa shape index (κ2) is 5.55. The maximum atomic E-state index is 12.3. The van der Waals surface area contributed by atoms with Crippen LogP contribution >= 0.6 is 0 Å². The Morgan fingerprint density at radius 3 is 2.67 bits per heavy atom. The van der Waals surface area contributed by atoms with Crippen molar-refractivity contribution in [3.8, 4) is 0 Å². The first kappa shape index (κ1) is 15.0. The molecular formula is C15H21N5O. The van der Waals surface area contributed by atoms with Crippen molar-refractivity contribution < 1.29 is 4.79 Å². The van der Waals surface area contributed by atoms with Gasteiger partial charge in [0.1, 0.15) is 11.6 Å². The normalized spacial score (nSPS) is 11.4. The van der Waals surface area contributed by atoms with Gasteiger partial charge in [0, 0.05) is 36.1 Å². The van der Waals surface area contributed by atoms with E-state index in [1.165, 1.54) is 0 Å². The molecule has 0 aliphatic rings. The lowest BCUT2D eigenvalue weighted by Gasteiger charge is -2.19. The second-order valence-corrected chi connectivity index (χ2v) is 6.05. The Balaban J connectivity index is 2.16. The quantitative estimate of drug-likeness (QED) is 0.898. The molecule has 0 spiro atoms. The van der Waals surface area contributed by atoms with Gasteiger partial charge in [-0.05, 0) is 12.1 Å². The third kappa shape index (κ3) is 3.59. The highest BCUT2D eigenvalue weighted by molar-refractivity contribution is 5.94. The van der Waals surface area contributed by atoms with Crippen LogP contribution in [0.1, 0.15) is 42.6 Å². The van der Waals surface area contributed by atoms with Crippen LogP contribution in [0.25, 0.3) is 0 Å². The molecule has 6 nitrogen and oxygen atoms in total. The molecule has 0 unspecified atom stereocenters. The number of hydrogen-bond donors (Lipinski definition) is 2. The summed E-state index contributed by atoms with van der Waals surface area (Å²) in [7, 11) is 1.89. The van der Waals surface area contributed by atoms with E-state index in [1.54, 1.807) is 18.3 Å². The summed E-state index contributed by atoms with van der Waals surface area (Å²) in [6.07, 6.45) is 3.53. The summed E-state index contributed by atoms with van der Waals surface area (Å²) in [5.74, 6) is 0.962. The van der Waals surface area contributed by atoms with E-state index in [-0.39, 0.29) is 11.3 Å². The Hall–Kier alpha value is -2.37. The predicted molar refractivity (Wildman–Crippen MR) is 81.7 cm³/mol. The number of nitrogens with one attached hydrogen (secondary N) is 1. The van der Waals surface area contributed by atoms with Crippen LogP contribution in [0.3, 0.4) is 0 Å². The van der Waals surface area contributed by atoms with Crippen molar-refractivity contribution in [3.05, 3.63) is 41.6 Å². The van der Waals surface area contributed by atoms with Crippen molar-refractivity contribution >= 4 is 11.7 Å². The molecule has 0 aromatic carbocycles. The molecule has 0 saturated heterocycles. The number of nitrogens with two attached hydrogens (primary N) is 1. The number of pyridine rings is 1. The standard InChI is InChI=1S/C15H21N5O/c1-15(2,3)11-7-10(8-12(16)19-11)14(21)18-9-13-17-5-6-20(13)4/h5-8H,9H2,1-4H3,(H2,16,19)(H,18,21). The number of amides is 1. The third-order valence-electron chi connectivity index (χ3n) is 3.20. The van der Waals surface area contributed by atoms with E-state index >= 15 is 0 Å². The summed E-state index contributed by atoms with van der Waals surface area (Å²) in [6, 6.07) is 3.37. The van der Waals surface area contributed by atoms with Crippen LogP contribution in [-0.2, 0) is 19.0 Å². The van der Waals surface area contributed by atoms with Gasteiger partial charge in [0.05, 0.1) is 6.54 Å². The summed E-state index contributed by atoms with van der Waals surface area (Å²) < 4.78 is 1.86. The first-order chi connectivity index (χ1) is 9.77. The minimum absolute atomic E-state index is 0.163. The number of hydrogen-bond acceptors (Lipinski definition) is 4. The van der Waals surface area contributed by atoms with E-state index in [9.17, 15) is 4.79 Å². The zero-order valence-corrected chi connectivity index (χ0v) is 12.8. The van der Waals surface area contributed by atoms with Gasteiger partial charge in [-0.3, -0.25) is 4.79 Å². The van der Waals surface area contributed by atoms with E-state index in [1.807, 2.05) is 38.6 Å². The molecule has 2 rings (SSSR count). The Morgan fingerprint density at radius 1 is 1.38 bits per heavy atom. The van der Waals surface area contributed by atoms with E-state index in [0.717, 1.165) is 11.5 Å². The van der Waals surface area contributed by atoms with E-state index < -0.39 is 0 Å². The molecule has 21 heavy (non-hydrogen) atoms. The molecule has 2 heterocycles. The SMILES string of the molecule is Cn1ccnc1CNC(=O)c1cc(N)nc(C(C)(C)C)c1. The number of aromatic nitrogens is 3. The summed E-state index contributed by atoms with van der Waals surface area (Å²) in [6.45, 7) is 6.47. The van der Waals surface area contributed by atoms with Gasteiger partial charge in [-0.25, -0.2) is 9.97 Å². The van der Waals surface area contributed by atoms with Crippen molar-refractivity contribution in [1.82, 2.24) is 19.9 Å². The van der Waals surface area contributed by atoms with Gasteiger partial charge in [0.2, 0.25) is 0 Å². The van der Waals surface area contributed by atoms with Gasteiger partial charge in [-0.2, -0.15) is 0 Å². The molecule has 0 atom stereocenters. The lowest BCUT2D eigenvalue weighted by molar-refractivity contribution is 0.0949. The van der Waals surface area contributed by atoms with E-state index in [0.29, 0.717) is 17.9 Å². The van der Waals surface area contributed by atoms with Crippen molar-refractivity contribution in [1.29, 1.82) is 0 Å². The molecule has 1 amide bonds. The van der Waals surface area contributed by atoms with Crippen LogP contribution in [0.4, 0.5) is 5.82 Å². The predicted octanol–water partition coefficient (Wildman–Crippen LogP) is 1.62. The summed E-state index contributed by atoms with van der Waals surface area (Å²) >= 11 is 0. The van der Waals surface area contributed by atoms with Crippen molar-refractivity contribution in [2.24, 2.45) is 7.05 Å². The molecule has 2 aromatic heterocycles. The Kier molecular flexibility index (Phi) is 3.97. The Bertz CT molecular complexity index is 654. The number of nitrogens with zero attached hydrogens (tertiary/aromatic N) is 3. The molecule has 0 saturated carbocycles. The number of imidazole rings is 1. The van der Waals surface area contributed by atoms with Gasteiger partial charge in [-0.15, -0.1) is 0 Å². The fraction of sp³-hybridized carbons (Fsp3) is 0.400. The number of nitrogen functional groups attached to an aromatic ring is 1. The average Bonchev–Trinajstić information content (AvgIpc) is 2.79. The maximum Gasteiger partial charge on any atom is 0.251 e. The topological polar surface area (TPSA) is 85.8 Å². The van der Waals surface area contributed by atoms with Gasteiger partial charge in [0.25, 0.3) is 5.91 Å². The highest BCUT2D eigenvalue weighted by Gasteiger charge is 2.18. The van der Waals surface area contributed by atoms with Crippen LogP contribution in [0.2, 0.25) is 0 Å². The molecule has 3 N–H and O–H groups in total. The van der Waals surface area contributed by atoms with Crippen molar-refractivity contribution in [2.45, 2.75) is 32.7 Å². The molecule has 0 radical (unpaired) electrons. The molecule has 6 heteroatoms. The first-order valence-electron chi connectivity index (χ1n) is 6.80. The fourth-order valence-corrected chi connectivity index (χ4v) is 1.90. The third-order valence-corrected chi connectivity index (χ3v) is 3.20. The first-order valence-corrected chi connectivity index (χ1v) is 6.80. The molecule has 0 fully saturated rings. The van der Waals surface area contributed by atoms with Crippen LogP contribution in [-0.4, -0.2) is 20.4 Å². The largest absolute Gasteiger partial charge is 0.384 e. The zero-order valence-electron chi connectivity index (χ0n) is 12.8. The highest BCUT2D eigenvalue weighted by Crippen LogP contribution is 2.22. The van der Waals surface area contributed by atoms with Crippen LogP contribution in [0.5, 0.6) is 0 Å². The number of carbonyl (C=O) groups is 1. The summed E-state index contributed by atoms with van der Waals surface area (Å²) in [4.78, 5) is 20.7. The molecule has 0 aliphatic heterocycles. The summed E-state index contributed by atoms with van der Waals surface area (Å²) in [5, 5.41) is 2.84. The molecule has 112 valence electrons. The Morgan fingerprint density at radius 2 is 2.10 bits per heavy atom. The van der Waals surface area contributed by atoms with Gasteiger partial charge in [0.15, 0.2) is 0 Å². The van der Waals surface area contributed by atoms with Crippen LogP contribution in [0, 0.1) is 0 Å². The zero-order chi connectivity index (χ0) is 15.6. The lowest BCUT2D eigenvalue weighted by Crippen LogP contribution is -2.25. The molecule has 0 bridgehead atoms. The van der Waals surface area contributed by atoms with Crippen LogP contribution in [0.15, 0.2) is 24.5 Å². The second-order valence-electron chi connectivity index (χ2n) is 6.05. The average molecular weight is 287 g/mol. The van der Waals surface area contributed by atoms with Crippen molar-refractivity contribution in [3.63, 3.8) is 0 Å².